The lowest BCUT2D eigenvalue weighted by Crippen LogP contribution is -2.46. The Hall–Kier alpha value is -0.610. The molecule has 0 aromatic carbocycles. The fraction of sp³-hybridized carbons (Fsp3) is 0.889. The Morgan fingerprint density at radius 1 is 1.46 bits per heavy atom. The lowest BCUT2D eigenvalue weighted by molar-refractivity contribution is -0.130. The smallest absolute Gasteiger partial charge is 0.250 e. The first kappa shape index (κ1) is 8.97. The first-order valence-electron chi connectivity index (χ1n) is 4.99. The van der Waals surface area contributed by atoms with E-state index in [1.54, 1.807) is 0 Å². The normalized spacial score (nSPS) is 30.1. The highest BCUT2D eigenvalue weighted by Crippen LogP contribution is 2.19. The molecule has 1 aliphatic carbocycles. The summed E-state index contributed by atoms with van der Waals surface area (Å²) in [5, 5.41) is 15.5. The molecule has 2 fully saturated rings. The molecular formula is C9H16N2O2. The van der Waals surface area contributed by atoms with E-state index in [0.29, 0.717) is 6.04 Å². The predicted molar refractivity (Wildman–Crippen MR) is 48.2 cm³/mol. The molecule has 0 bridgehead atoms. The van der Waals surface area contributed by atoms with Gasteiger partial charge in [-0.05, 0) is 32.2 Å². The number of hydrogen-bond acceptors (Lipinski definition) is 3. The van der Waals surface area contributed by atoms with E-state index in [-0.39, 0.29) is 11.9 Å². The number of carbonyl (C=O) groups excluding carboxylic acids is 1. The Kier molecular flexibility index (Phi) is 2.51. The van der Waals surface area contributed by atoms with Gasteiger partial charge in [0.25, 0.3) is 5.91 Å². The molecule has 1 aliphatic heterocycles. The van der Waals surface area contributed by atoms with Gasteiger partial charge >= 0.3 is 0 Å². The van der Waals surface area contributed by atoms with Crippen molar-refractivity contribution in [3.63, 3.8) is 0 Å². The van der Waals surface area contributed by atoms with Gasteiger partial charge in [0.2, 0.25) is 0 Å². The van der Waals surface area contributed by atoms with Gasteiger partial charge in [-0.2, -0.15) is 0 Å². The van der Waals surface area contributed by atoms with Gasteiger partial charge in [-0.25, -0.2) is 0 Å². The zero-order valence-corrected chi connectivity index (χ0v) is 7.62. The van der Waals surface area contributed by atoms with Crippen LogP contribution in [0.2, 0.25) is 0 Å². The molecule has 1 saturated carbocycles. The Balaban J connectivity index is 1.79. The van der Waals surface area contributed by atoms with Crippen molar-refractivity contribution in [2.45, 2.75) is 43.9 Å². The van der Waals surface area contributed by atoms with Crippen LogP contribution in [0.4, 0.5) is 0 Å². The molecule has 74 valence electrons. The molecule has 1 saturated heterocycles. The average Bonchev–Trinajstić information content (AvgIpc) is 2.78. The van der Waals surface area contributed by atoms with Crippen molar-refractivity contribution >= 4 is 5.91 Å². The monoisotopic (exact) mass is 184 g/mol. The Morgan fingerprint density at radius 2 is 2.23 bits per heavy atom. The average molecular weight is 184 g/mol. The van der Waals surface area contributed by atoms with Crippen molar-refractivity contribution < 1.29 is 9.90 Å². The molecule has 2 unspecified atom stereocenters. The van der Waals surface area contributed by atoms with E-state index < -0.39 is 6.10 Å². The molecule has 1 amide bonds. The van der Waals surface area contributed by atoms with Crippen LogP contribution in [0.5, 0.6) is 0 Å². The summed E-state index contributed by atoms with van der Waals surface area (Å²) in [6.45, 7) is 0.915. The Morgan fingerprint density at radius 3 is 2.77 bits per heavy atom. The third-order valence-corrected chi connectivity index (χ3v) is 2.67. The van der Waals surface area contributed by atoms with Crippen molar-refractivity contribution in [3.05, 3.63) is 0 Å². The van der Waals surface area contributed by atoms with E-state index in [0.717, 1.165) is 32.2 Å². The van der Waals surface area contributed by atoms with Gasteiger partial charge in [-0.15, -0.1) is 0 Å². The van der Waals surface area contributed by atoms with E-state index >= 15 is 0 Å². The minimum Gasteiger partial charge on any atom is -0.382 e. The molecular weight excluding hydrogens is 168 g/mol. The predicted octanol–water partition coefficient (Wildman–Crippen LogP) is -0.622. The number of carbonyl (C=O) groups is 1. The van der Waals surface area contributed by atoms with E-state index in [1.807, 2.05) is 0 Å². The van der Waals surface area contributed by atoms with E-state index in [1.165, 1.54) is 0 Å². The summed E-state index contributed by atoms with van der Waals surface area (Å²) < 4.78 is 0. The first-order chi connectivity index (χ1) is 6.27. The quantitative estimate of drug-likeness (QED) is 0.547. The molecule has 13 heavy (non-hydrogen) atoms. The van der Waals surface area contributed by atoms with Crippen molar-refractivity contribution in [3.8, 4) is 0 Å². The van der Waals surface area contributed by atoms with Crippen molar-refractivity contribution in [1.82, 2.24) is 10.6 Å². The van der Waals surface area contributed by atoms with Crippen LogP contribution in [0, 0.1) is 0 Å². The van der Waals surface area contributed by atoms with Crippen LogP contribution in [-0.4, -0.2) is 35.7 Å². The second-order valence-electron chi connectivity index (χ2n) is 3.93. The highest BCUT2D eigenvalue weighted by molar-refractivity contribution is 5.81. The lowest BCUT2D eigenvalue weighted by atomic mass is 10.1. The van der Waals surface area contributed by atoms with Gasteiger partial charge in [0.15, 0.2) is 0 Å². The molecule has 1 heterocycles. The minimum atomic E-state index is -0.858. The van der Waals surface area contributed by atoms with E-state index in [9.17, 15) is 9.90 Å². The molecule has 3 N–H and O–H groups in total. The number of aliphatic hydroxyl groups is 1. The van der Waals surface area contributed by atoms with Crippen LogP contribution in [-0.2, 0) is 4.79 Å². The minimum absolute atomic E-state index is 0.0289. The fourth-order valence-corrected chi connectivity index (χ4v) is 1.68. The number of amides is 1. The van der Waals surface area contributed by atoms with Gasteiger partial charge in [0.05, 0.1) is 0 Å². The fourth-order valence-electron chi connectivity index (χ4n) is 1.68. The maximum absolute atomic E-state index is 11.4. The SMILES string of the molecule is O=C(NC1CC1)C(O)C1CCCN1. The van der Waals surface area contributed by atoms with E-state index in [4.69, 9.17) is 0 Å². The zero-order valence-electron chi connectivity index (χ0n) is 7.62. The summed E-state index contributed by atoms with van der Waals surface area (Å²) >= 11 is 0. The second kappa shape index (κ2) is 3.64. The second-order valence-corrected chi connectivity index (χ2v) is 3.93. The van der Waals surface area contributed by atoms with Crippen molar-refractivity contribution in [2.24, 2.45) is 0 Å². The van der Waals surface area contributed by atoms with Crippen LogP contribution in [0.3, 0.4) is 0 Å². The summed E-state index contributed by atoms with van der Waals surface area (Å²) in [5.74, 6) is -0.207. The molecule has 2 atom stereocenters. The Bertz CT molecular complexity index is 198. The molecule has 0 aromatic heterocycles. The van der Waals surface area contributed by atoms with Gasteiger partial charge in [-0.1, -0.05) is 0 Å². The molecule has 0 radical (unpaired) electrons. The van der Waals surface area contributed by atoms with Crippen LogP contribution < -0.4 is 10.6 Å². The molecule has 4 nitrogen and oxygen atoms in total. The summed E-state index contributed by atoms with van der Waals surface area (Å²) in [5.41, 5.74) is 0. The first-order valence-corrected chi connectivity index (χ1v) is 4.99. The summed E-state index contributed by atoms with van der Waals surface area (Å²) in [4.78, 5) is 11.4. The number of aliphatic hydroxyl groups excluding tert-OH is 1. The van der Waals surface area contributed by atoms with Gasteiger partial charge < -0.3 is 15.7 Å². The third-order valence-electron chi connectivity index (χ3n) is 2.67. The van der Waals surface area contributed by atoms with Crippen LogP contribution in [0.15, 0.2) is 0 Å². The largest absolute Gasteiger partial charge is 0.382 e. The molecule has 0 aromatic rings. The molecule has 0 spiro atoms. The lowest BCUT2D eigenvalue weighted by Gasteiger charge is -2.17. The number of hydrogen-bond donors (Lipinski definition) is 3. The number of nitrogens with one attached hydrogen (secondary N) is 2. The van der Waals surface area contributed by atoms with Crippen LogP contribution in [0.25, 0.3) is 0 Å². The maximum Gasteiger partial charge on any atom is 0.250 e. The molecule has 4 heteroatoms. The molecule has 2 rings (SSSR count). The Labute approximate surface area is 77.7 Å². The summed E-state index contributed by atoms with van der Waals surface area (Å²) in [7, 11) is 0. The maximum atomic E-state index is 11.4. The van der Waals surface area contributed by atoms with Gasteiger partial charge in [0, 0.05) is 12.1 Å². The van der Waals surface area contributed by atoms with Gasteiger partial charge in [0.1, 0.15) is 6.10 Å². The zero-order chi connectivity index (χ0) is 9.26. The topological polar surface area (TPSA) is 61.4 Å². The molecule has 2 aliphatic rings. The van der Waals surface area contributed by atoms with Crippen LogP contribution in [0.1, 0.15) is 25.7 Å². The highest BCUT2D eigenvalue weighted by atomic mass is 16.3. The van der Waals surface area contributed by atoms with Crippen LogP contribution >= 0.6 is 0 Å². The van der Waals surface area contributed by atoms with E-state index in [2.05, 4.69) is 10.6 Å². The summed E-state index contributed by atoms with van der Waals surface area (Å²) in [6, 6.07) is 0.308. The third kappa shape index (κ3) is 2.19. The number of rotatable bonds is 3. The van der Waals surface area contributed by atoms with Gasteiger partial charge in [-0.3, -0.25) is 4.79 Å². The standard InChI is InChI=1S/C9H16N2O2/c12-8(7-2-1-5-10-7)9(13)11-6-3-4-6/h6-8,10,12H,1-5H2,(H,11,13). The van der Waals surface area contributed by atoms with Crippen molar-refractivity contribution in [2.75, 3.05) is 6.54 Å². The van der Waals surface area contributed by atoms with Crippen molar-refractivity contribution in [1.29, 1.82) is 0 Å². The summed E-state index contributed by atoms with van der Waals surface area (Å²) in [6.07, 6.45) is 3.23. The highest BCUT2D eigenvalue weighted by Gasteiger charge is 2.31.